The van der Waals surface area contributed by atoms with Crippen molar-refractivity contribution in [3.05, 3.63) is 22.4 Å². The van der Waals surface area contributed by atoms with Crippen molar-refractivity contribution >= 4 is 29.0 Å². The number of rotatable bonds is 6. The zero-order valence-electron chi connectivity index (χ0n) is 12.6. The largest absolute Gasteiger partial charge is 0.318 e. The van der Waals surface area contributed by atoms with Crippen LogP contribution in [0.5, 0.6) is 0 Å². The van der Waals surface area contributed by atoms with Crippen LogP contribution < -0.4 is 5.32 Å². The molecule has 4 unspecified atom stereocenters. The molecule has 1 fully saturated rings. The van der Waals surface area contributed by atoms with E-state index in [-0.39, 0.29) is 24.2 Å². The first kappa shape index (κ1) is 15.9. The summed E-state index contributed by atoms with van der Waals surface area (Å²) >= 11 is 3.48. The summed E-state index contributed by atoms with van der Waals surface area (Å²) < 4.78 is 0. The highest BCUT2D eigenvalue weighted by Gasteiger charge is 2.43. The lowest BCUT2D eigenvalue weighted by molar-refractivity contribution is -0.132. The van der Waals surface area contributed by atoms with Gasteiger partial charge in [-0.2, -0.15) is 23.1 Å². The molecule has 20 heavy (non-hydrogen) atoms. The standard InChI is InChI=1S/C15H24N2OS2/c1-5-10(2)13-15(18)17(11(3)8-19-4)14(16-13)12-6-7-20-9-12/h6-7,9-11,13-14,16H,5,8H2,1-4H3. The number of amides is 1. The van der Waals surface area contributed by atoms with Gasteiger partial charge in [0.1, 0.15) is 6.17 Å². The number of thiophene rings is 1. The molecule has 1 aromatic heterocycles. The molecule has 4 atom stereocenters. The minimum atomic E-state index is -0.0470. The molecule has 3 nitrogen and oxygen atoms in total. The molecule has 0 aromatic carbocycles. The third kappa shape index (κ3) is 3.05. The van der Waals surface area contributed by atoms with Crippen LogP contribution in [0.2, 0.25) is 0 Å². The normalized spacial score (nSPS) is 26.0. The fourth-order valence-corrected chi connectivity index (χ4v) is 4.06. The predicted molar refractivity (Wildman–Crippen MR) is 88.1 cm³/mol. The Labute approximate surface area is 130 Å². The first-order chi connectivity index (χ1) is 9.60. The molecule has 1 aromatic rings. The molecule has 1 amide bonds. The Morgan fingerprint density at radius 2 is 2.25 bits per heavy atom. The fourth-order valence-electron chi connectivity index (χ4n) is 2.73. The third-order valence-electron chi connectivity index (χ3n) is 4.09. The zero-order valence-corrected chi connectivity index (χ0v) is 14.3. The van der Waals surface area contributed by atoms with E-state index >= 15 is 0 Å². The van der Waals surface area contributed by atoms with E-state index < -0.39 is 0 Å². The van der Waals surface area contributed by atoms with Crippen LogP contribution in [0.4, 0.5) is 0 Å². The number of carbonyl (C=O) groups is 1. The molecular weight excluding hydrogens is 288 g/mol. The number of nitrogens with zero attached hydrogens (tertiary/aromatic N) is 1. The Hall–Kier alpha value is -0.520. The highest BCUT2D eigenvalue weighted by Crippen LogP contribution is 2.32. The van der Waals surface area contributed by atoms with Gasteiger partial charge in [0.15, 0.2) is 0 Å². The second-order valence-electron chi connectivity index (χ2n) is 5.54. The molecular formula is C15H24N2OS2. The van der Waals surface area contributed by atoms with Crippen LogP contribution in [-0.4, -0.2) is 34.9 Å². The molecule has 2 rings (SSSR count). The number of hydrogen-bond acceptors (Lipinski definition) is 4. The van der Waals surface area contributed by atoms with E-state index in [4.69, 9.17) is 0 Å². The van der Waals surface area contributed by atoms with Crippen LogP contribution in [-0.2, 0) is 4.79 Å². The summed E-state index contributed by atoms with van der Waals surface area (Å²) in [5.41, 5.74) is 1.21. The number of thioether (sulfide) groups is 1. The van der Waals surface area contributed by atoms with Gasteiger partial charge in [-0.3, -0.25) is 10.1 Å². The second-order valence-corrected chi connectivity index (χ2v) is 7.23. The molecule has 1 aliphatic heterocycles. The maximum atomic E-state index is 12.8. The molecule has 2 heterocycles. The van der Waals surface area contributed by atoms with Gasteiger partial charge < -0.3 is 4.90 Å². The Morgan fingerprint density at radius 3 is 2.80 bits per heavy atom. The predicted octanol–water partition coefficient (Wildman–Crippen LogP) is 3.34. The van der Waals surface area contributed by atoms with Crippen molar-refractivity contribution in [2.45, 2.75) is 45.4 Å². The summed E-state index contributed by atoms with van der Waals surface area (Å²) in [5.74, 6) is 1.61. The van der Waals surface area contributed by atoms with E-state index in [0.717, 1.165) is 12.2 Å². The summed E-state index contributed by atoms with van der Waals surface area (Å²) in [6.45, 7) is 6.45. The summed E-state index contributed by atoms with van der Waals surface area (Å²) in [5, 5.41) is 7.78. The van der Waals surface area contributed by atoms with Gasteiger partial charge >= 0.3 is 0 Å². The zero-order chi connectivity index (χ0) is 14.7. The number of nitrogens with one attached hydrogen (secondary N) is 1. The van der Waals surface area contributed by atoms with Gasteiger partial charge in [0.25, 0.3) is 0 Å². The minimum Gasteiger partial charge on any atom is -0.318 e. The average molecular weight is 313 g/mol. The van der Waals surface area contributed by atoms with Crippen molar-refractivity contribution < 1.29 is 4.79 Å². The minimum absolute atomic E-state index is 0.0369. The van der Waals surface area contributed by atoms with Crippen molar-refractivity contribution in [1.82, 2.24) is 10.2 Å². The van der Waals surface area contributed by atoms with E-state index in [9.17, 15) is 4.79 Å². The first-order valence-corrected chi connectivity index (χ1v) is 9.53. The van der Waals surface area contributed by atoms with Crippen molar-refractivity contribution in [1.29, 1.82) is 0 Å². The molecule has 112 valence electrons. The van der Waals surface area contributed by atoms with Crippen molar-refractivity contribution in [3.8, 4) is 0 Å². The maximum Gasteiger partial charge on any atom is 0.241 e. The molecule has 0 aliphatic carbocycles. The highest BCUT2D eigenvalue weighted by molar-refractivity contribution is 7.98. The van der Waals surface area contributed by atoms with Crippen molar-refractivity contribution in [3.63, 3.8) is 0 Å². The Kier molecular flexibility index (Phi) is 5.52. The van der Waals surface area contributed by atoms with Gasteiger partial charge in [0.05, 0.1) is 6.04 Å². The van der Waals surface area contributed by atoms with Crippen LogP contribution in [0.25, 0.3) is 0 Å². The van der Waals surface area contributed by atoms with E-state index in [1.165, 1.54) is 5.56 Å². The number of hydrogen-bond donors (Lipinski definition) is 1. The molecule has 1 aliphatic rings. The molecule has 1 N–H and O–H groups in total. The number of carbonyl (C=O) groups excluding carboxylic acids is 1. The van der Waals surface area contributed by atoms with Crippen LogP contribution in [0, 0.1) is 5.92 Å². The average Bonchev–Trinajstić information content (AvgIpc) is 3.05. The van der Waals surface area contributed by atoms with Gasteiger partial charge in [-0.25, -0.2) is 0 Å². The Balaban J connectivity index is 2.25. The molecule has 5 heteroatoms. The first-order valence-electron chi connectivity index (χ1n) is 7.19. The van der Waals surface area contributed by atoms with E-state index in [2.05, 4.69) is 54.1 Å². The van der Waals surface area contributed by atoms with Crippen molar-refractivity contribution in [2.24, 2.45) is 5.92 Å². The SMILES string of the molecule is CCC(C)C1NC(c2ccsc2)N(C(C)CSC)C1=O. The van der Waals surface area contributed by atoms with Crippen LogP contribution in [0.3, 0.4) is 0 Å². The lowest BCUT2D eigenvalue weighted by Crippen LogP contribution is -2.40. The summed E-state index contributed by atoms with van der Waals surface area (Å²) in [4.78, 5) is 14.8. The summed E-state index contributed by atoms with van der Waals surface area (Å²) in [6.07, 6.45) is 3.15. The van der Waals surface area contributed by atoms with Crippen LogP contribution >= 0.6 is 23.1 Å². The lowest BCUT2D eigenvalue weighted by Gasteiger charge is -2.29. The molecule has 0 radical (unpaired) electrons. The smallest absolute Gasteiger partial charge is 0.241 e. The maximum absolute atomic E-state index is 12.8. The van der Waals surface area contributed by atoms with Crippen LogP contribution in [0.1, 0.15) is 38.9 Å². The summed E-state index contributed by atoms with van der Waals surface area (Å²) in [6, 6.07) is 2.33. The highest BCUT2D eigenvalue weighted by atomic mass is 32.2. The molecule has 0 saturated carbocycles. The van der Waals surface area contributed by atoms with E-state index in [0.29, 0.717) is 5.92 Å². The quantitative estimate of drug-likeness (QED) is 0.874. The molecule has 0 bridgehead atoms. The van der Waals surface area contributed by atoms with Gasteiger partial charge in [-0.15, -0.1) is 0 Å². The Bertz CT molecular complexity index is 435. The monoisotopic (exact) mass is 312 g/mol. The lowest BCUT2D eigenvalue weighted by atomic mass is 9.99. The van der Waals surface area contributed by atoms with Gasteiger partial charge in [-0.05, 0) is 41.5 Å². The fraction of sp³-hybridized carbons (Fsp3) is 0.667. The van der Waals surface area contributed by atoms with Gasteiger partial charge in [0, 0.05) is 11.8 Å². The van der Waals surface area contributed by atoms with Crippen molar-refractivity contribution in [2.75, 3.05) is 12.0 Å². The topological polar surface area (TPSA) is 32.3 Å². The summed E-state index contributed by atoms with van der Waals surface area (Å²) in [7, 11) is 0. The molecule has 1 saturated heterocycles. The van der Waals surface area contributed by atoms with E-state index in [1.54, 1.807) is 23.1 Å². The Morgan fingerprint density at radius 1 is 1.50 bits per heavy atom. The van der Waals surface area contributed by atoms with Gasteiger partial charge in [-0.1, -0.05) is 20.3 Å². The second kappa shape index (κ2) is 6.96. The van der Waals surface area contributed by atoms with Gasteiger partial charge in [0.2, 0.25) is 5.91 Å². The van der Waals surface area contributed by atoms with Crippen LogP contribution in [0.15, 0.2) is 16.8 Å². The molecule has 0 spiro atoms. The van der Waals surface area contributed by atoms with E-state index in [1.807, 2.05) is 0 Å². The third-order valence-corrected chi connectivity index (χ3v) is 5.61.